The molecule has 0 amide bonds. The van der Waals surface area contributed by atoms with Crippen LogP contribution in [-0.2, 0) is 10.9 Å². The monoisotopic (exact) mass is 329 g/mol. The number of alkyl halides is 3. The van der Waals surface area contributed by atoms with E-state index in [0.29, 0.717) is 30.8 Å². The van der Waals surface area contributed by atoms with Crippen LogP contribution in [0.4, 0.5) is 13.2 Å². The molecule has 128 valence electrons. The summed E-state index contributed by atoms with van der Waals surface area (Å²) in [5, 5.41) is 3.32. The van der Waals surface area contributed by atoms with Crippen LogP contribution < -0.4 is 10.1 Å². The van der Waals surface area contributed by atoms with E-state index in [9.17, 15) is 13.2 Å². The van der Waals surface area contributed by atoms with Crippen molar-refractivity contribution in [2.75, 3.05) is 26.3 Å². The van der Waals surface area contributed by atoms with Crippen LogP contribution in [0, 0.1) is 11.8 Å². The van der Waals surface area contributed by atoms with E-state index in [4.69, 9.17) is 9.47 Å². The molecular formula is C17H22F3NO2. The van der Waals surface area contributed by atoms with Crippen molar-refractivity contribution >= 4 is 0 Å². The van der Waals surface area contributed by atoms with Gasteiger partial charge in [-0.15, -0.1) is 0 Å². The molecule has 0 radical (unpaired) electrons. The van der Waals surface area contributed by atoms with Crippen LogP contribution in [0.5, 0.6) is 5.75 Å². The minimum atomic E-state index is -4.34. The molecule has 2 heterocycles. The van der Waals surface area contributed by atoms with Gasteiger partial charge in [0.2, 0.25) is 0 Å². The quantitative estimate of drug-likeness (QED) is 0.917. The number of rotatable bonds is 4. The molecule has 0 saturated carbocycles. The van der Waals surface area contributed by atoms with Crippen molar-refractivity contribution in [2.24, 2.45) is 11.8 Å². The average Bonchev–Trinajstić information content (AvgIpc) is 3.07. The molecule has 0 bridgehead atoms. The minimum Gasteiger partial charge on any atom is -0.490 e. The van der Waals surface area contributed by atoms with Crippen LogP contribution in [-0.4, -0.2) is 32.4 Å². The first kappa shape index (κ1) is 16.6. The number of benzene rings is 1. The smallest absolute Gasteiger partial charge is 0.416 e. The lowest BCUT2D eigenvalue weighted by molar-refractivity contribution is -0.137. The van der Waals surface area contributed by atoms with Crippen molar-refractivity contribution in [2.45, 2.75) is 31.5 Å². The molecule has 0 spiro atoms. The van der Waals surface area contributed by atoms with Crippen LogP contribution in [0.25, 0.3) is 0 Å². The van der Waals surface area contributed by atoms with Gasteiger partial charge in [0.1, 0.15) is 11.9 Å². The fraction of sp³-hybridized carbons (Fsp3) is 0.647. The molecule has 3 nitrogen and oxygen atoms in total. The molecule has 1 aromatic carbocycles. The van der Waals surface area contributed by atoms with Crippen molar-refractivity contribution < 1.29 is 22.6 Å². The predicted molar refractivity (Wildman–Crippen MR) is 80.4 cm³/mol. The Morgan fingerprint density at radius 2 is 1.91 bits per heavy atom. The van der Waals surface area contributed by atoms with Crippen molar-refractivity contribution in [3.05, 3.63) is 29.8 Å². The Morgan fingerprint density at radius 3 is 2.57 bits per heavy atom. The summed E-state index contributed by atoms with van der Waals surface area (Å²) in [4.78, 5) is 0. The first-order chi connectivity index (χ1) is 11.0. The Balaban J connectivity index is 1.77. The Hall–Kier alpha value is -1.27. The van der Waals surface area contributed by atoms with Gasteiger partial charge in [0, 0.05) is 31.6 Å². The number of nitrogens with one attached hydrogen (secondary N) is 1. The van der Waals surface area contributed by atoms with E-state index in [-0.39, 0.29) is 6.10 Å². The molecule has 2 aliphatic rings. The normalized spacial score (nSPS) is 24.6. The Labute approximate surface area is 134 Å². The lowest BCUT2D eigenvalue weighted by Gasteiger charge is -2.34. The van der Waals surface area contributed by atoms with Crippen LogP contribution in [0.1, 0.15) is 24.8 Å². The van der Waals surface area contributed by atoms with Gasteiger partial charge < -0.3 is 14.8 Å². The van der Waals surface area contributed by atoms with E-state index in [0.717, 1.165) is 44.5 Å². The number of halogens is 3. The first-order valence-electron chi connectivity index (χ1n) is 8.16. The SMILES string of the molecule is FC(F)(F)c1cccc(O[C@@H](C2CCOCC2)C2CCNC2)c1. The second-order valence-corrected chi connectivity index (χ2v) is 6.31. The zero-order chi connectivity index (χ0) is 16.3. The van der Waals surface area contributed by atoms with Gasteiger partial charge in [-0.3, -0.25) is 0 Å². The van der Waals surface area contributed by atoms with Gasteiger partial charge in [-0.05, 0) is 44.0 Å². The summed E-state index contributed by atoms with van der Waals surface area (Å²) in [6, 6.07) is 5.21. The third-order valence-corrected chi connectivity index (χ3v) is 4.73. The predicted octanol–water partition coefficient (Wildman–Crippen LogP) is 3.49. The third kappa shape index (κ3) is 4.18. The summed E-state index contributed by atoms with van der Waals surface area (Å²) in [7, 11) is 0. The summed E-state index contributed by atoms with van der Waals surface area (Å²) in [5.74, 6) is 0.985. The number of ether oxygens (including phenoxy) is 2. The molecule has 2 aliphatic heterocycles. The Kier molecular flexibility index (Phi) is 5.11. The largest absolute Gasteiger partial charge is 0.490 e. The lowest BCUT2D eigenvalue weighted by Crippen LogP contribution is -2.39. The molecule has 1 aromatic rings. The molecule has 0 aliphatic carbocycles. The van der Waals surface area contributed by atoms with E-state index >= 15 is 0 Å². The lowest BCUT2D eigenvalue weighted by atomic mass is 9.85. The molecular weight excluding hydrogens is 307 g/mol. The summed E-state index contributed by atoms with van der Waals surface area (Å²) < 4.78 is 50.1. The summed E-state index contributed by atoms with van der Waals surface area (Å²) in [6.45, 7) is 3.21. The van der Waals surface area contributed by atoms with E-state index < -0.39 is 11.7 Å². The molecule has 1 unspecified atom stereocenters. The highest BCUT2D eigenvalue weighted by Gasteiger charge is 2.35. The average molecular weight is 329 g/mol. The van der Waals surface area contributed by atoms with Gasteiger partial charge >= 0.3 is 6.18 Å². The van der Waals surface area contributed by atoms with Crippen LogP contribution in [0.2, 0.25) is 0 Å². The van der Waals surface area contributed by atoms with Gasteiger partial charge in [0.05, 0.1) is 5.56 Å². The Bertz CT molecular complexity index is 509. The topological polar surface area (TPSA) is 30.5 Å². The standard InChI is InChI=1S/C17H22F3NO2/c18-17(19,20)14-2-1-3-15(10-14)23-16(13-4-7-21-11-13)12-5-8-22-9-6-12/h1-3,10,12-13,16,21H,4-9,11H2/t13?,16-/m0/s1. The van der Waals surface area contributed by atoms with Crippen LogP contribution in [0.15, 0.2) is 24.3 Å². The highest BCUT2D eigenvalue weighted by atomic mass is 19.4. The van der Waals surface area contributed by atoms with Crippen LogP contribution >= 0.6 is 0 Å². The molecule has 6 heteroatoms. The molecule has 0 aromatic heterocycles. The number of hydrogen-bond acceptors (Lipinski definition) is 3. The third-order valence-electron chi connectivity index (χ3n) is 4.73. The second kappa shape index (κ2) is 7.09. The maximum atomic E-state index is 12.9. The molecule has 2 saturated heterocycles. The van der Waals surface area contributed by atoms with Crippen molar-refractivity contribution in [3.63, 3.8) is 0 Å². The van der Waals surface area contributed by atoms with Crippen molar-refractivity contribution in [1.29, 1.82) is 0 Å². The maximum Gasteiger partial charge on any atom is 0.416 e. The zero-order valence-electron chi connectivity index (χ0n) is 12.9. The highest BCUT2D eigenvalue weighted by molar-refractivity contribution is 5.30. The fourth-order valence-electron chi connectivity index (χ4n) is 3.48. The molecule has 2 fully saturated rings. The van der Waals surface area contributed by atoms with Crippen molar-refractivity contribution in [1.82, 2.24) is 5.32 Å². The minimum absolute atomic E-state index is 0.0580. The highest BCUT2D eigenvalue weighted by Crippen LogP contribution is 2.34. The van der Waals surface area contributed by atoms with Crippen LogP contribution in [0.3, 0.4) is 0 Å². The van der Waals surface area contributed by atoms with Gasteiger partial charge in [0.25, 0.3) is 0 Å². The molecule has 3 rings (SSSR count). The van der Waals surface area contributed by atoms with E-state index in [2.05, 4.69) is 5.32 Å². The first-order valence-corrected chi connectivity index (χ1v) is 8.16. The van der Waals surface area contributed by atoms with Gasteiger partial charge in [-0.2, -0.15) is 13.2 Å². The summed E-state index contributed by atoms with van der Waals surface area (Å²) in [5.41, 5.74) is -0.662. The zero-order valence-corrected chi connectivity index (χ0v) is 12.9. The van der Waals surface area contributed by atoms with Gasteiger partial charge in [-0.1, -0.05) is 6.07 Å². The second-order valence-electron chi connectivity index (χ2n) is 6.31. The van der Waals surface area contributed by atoms with E-state index in [1.54, 1.807) is 6.07 Å². The van der Waals surface area contributed by atoms with Crippen molar-refractivity contribution in [3.8, 4) is 5.75 Å². The maximum absolute atomic E-state index is 12.9. The van der Waals surface area contributed by atoms with E-state index in [1.165, 1.54) is 6.07 Å². The molecule has 2 atom stereocenters. The van der Waals surface area contributed by atoms with E-state index in [1.807, 2.05) is 0 Å². The number of hydrogen-bond donors (Lipinski definition) is 1. The van der Waals surface area contributed by atoms with Gasteiger partial charge in [0.15, 0.2) is 0 Å². The van der Waals surface area contributed by atoms with Gasteiger partial charge in [-0.25, -0.2) is 0 Å². The molecule has 23 heavy (non-hydrogen) atoms. The summed E-state index contributed by atoms with van der Waals surface area (Å²) in [6.07, 6.45) is -1.60. The molecule has 1 N–H and O–H groups in total. The summed E-state index contributed by atoms with van der Waals surface area (Å²) >= 11 is 0. The Morgan fingerprint density at radius 1 is 1.13 bits per heavy atom. The fourth-order valence-corrected chi connectivity index (χ4v) is 3.48.